The molecule has 1 heterocycles. The fourth-order valence-electron chi connectivity index (χ4n) is 4.62. The minimum absolute atomic E-state index is 0.0130. The second kappa shape index (κ2) is 9.47. The molecule has 1 fully saturated rings. The van der Waals surface area contributed by atoms with E-state index in [1.54, 1.807) is 24.3 Å². The third-order valence-electron chi connectivity index (χ3n) is 6.67. The summed E-state index contributed by atoms with van der Waals surface area (Å²) in [4.78, 5) is 15.0. The lowest BCUT2D eigenvalue weighted by Gasteiger charge is -2.44. The van der Waals surface area contributed by atoms with Gasteiger partial charge in [-0.1, -0.05) is 34.6 Å². The normalized spacial score (nSPS) is 18.3. The molecule has 1 unspecified atom stereocenters. The van der Waals surface area contributed by atoms with Crippen molar-refractivity contribution in [2.24, 2.45) is 5.41 Å². The van der Waals surface area contributed by atoms with Crippen molar-refractivity contribution in [2.45, 2.75) is 90.4 Å². The minimum Gasteiger partial charge on any atom is -0.412 e. The molecule has 32 heavy (non-hydrogen) atoms. The van der Waals surface area contributed by atoms with Crippen LogP contribution in [0.3, 0.4) is 0 Å². The highest BCUT2D eigenvalue weighted by Gasteiger charge is 2.47. The van der Waals surface area contributed by atoms with E-state index in [9.17, 15) is 13.2 Å². The van der Waals surface area contributed by atoms with Crippen molar-refractivity contribution in [2.75, 3.05) is 24.5 Å². The van der Waals surface area contributed by atoms with E-state index >= 15 is 0 Å². The van der Waals surface area contributed by atoms with Gasteiger partial charge in [0.1, 0.15) is 0 Å². The highest BCUT2D eigenvalue weighted by molar-refractivity contribution is 7.89. The summed E-state index contributed by atoms with van der Waals surface area (Å²) in [5, 5.41) is -0.0130. The topological polar surface area (TPSA) is 66.9 Å². The first kappa shape index (κ1) is 26.9. The second-order valence-electron chi connectivity index (χ2n) is 11.2. The average molecular weight is 483 g/mol. The van der Waals surface area contributed by atoms with Crippen LogP contribution in [0, 0.1) is 5.41 Å². The number of nitrogens with zero attached hydrogens (tertiary/aromatic N) is 2. The van der Waals surface area contributed by atoms with Gasteiger partial charge in [0.2, 0.25) is 5.91 Å². The number of rotatable bonds is 9. The molecule has 6 nitrogen and oxygen atoms in total. The number of carbonyl (C=O) groups is 1. The average Bonchev–Trinajstić information content (AvgIpc) is 3.01. The van der Waals surface area contributed by atoms with Gasteiger partial charge in [-0.05, 0) is 68.1 Å². The molecule has 2 rings (SSSR count). The lowest BCUT2D eigenvalue weighted by Crippen LogP contribution is -2.47. The van der Waals surface area contributed by atoms with Crippen LogP contribution in [0.5, 0.6) is 0 Å². The zero-order chi connectivity index (χ0) is 24.5. The molecule has 1 aliphatic rings. The van der Waals surface area contributed by atoms with Crippen molar-refractivity contribution in [3.05, 3.63) is 24.3 Å². The van der Waals surface area contributed by atoms with Gasteiger partial charge in [-0.2, -0.15) is 0 Å². The molecule has 1 aliphatic heterocycles. The van der Waals surface area contributed by atoms with Crippen LogP contribution < -0.4 is 4.90 Å². The van der Waals surface area contributed by atoms with Crippen molar-refractivity contribution in [1.29, 1.82) is 0 Å². The molecule has 1 saturated heterocycles. The Morgan fingerprint density at radius 2 is 1.59 bits per heavy atom. The van der Waals surface area contributed by atoms with Crippen LogP contribution in [0.2, 0.25) is 18.1 Å². The van der Waals surface area contributed by atoms with E-state index in [0.717, 1.165) is 29.5 Å². The van der Waals surface area contributed by atoms with E-state index in [0.29, 0.717) is 0 Å². The van der Waals surface area contributed by atoms with E-state index < -0.39 is 24.4 Å². The summed E-state index contributed by atoms with van der Waals surface area (Å²) in [5.74, 6) is -0.388. The van der Waals surface area contributed by atoms with Gasteiger partial charge in [0.05, 0.1) is 24.0 Å². The maximum absolute atomic E-state index is 13.2. The van der Waals surface area contributed by atoms with Crippen LogP contribution in [0.25, 0.3) is 0 Å². The lowest BCUT2D eigenvalue weighted by atomic mass is 9.86. The monoisotopic (exact) mass is 482 g/mol. The predicted octanol–water partition coefficient (Wildman–Crippen LogP) is 5.26. The molecule has 1 aromatic carbocycles. The van der Waals surface area contributed by atoms with Crippen molar-refractivity contribution in [1.82, 2.24) is 4.31 Å². The van der Waals surface area contributed by atoms with Crippen molar-refractivity contribution >= 4 is 29.9 Å². The van der Waals surface area contributed by atoms with Crippen molar-refractivity contribution in [3.63, 3.8) is 0 Å². The third-order valence-corrected chi connectivity index (χ3v) is 12.8. The fourth-order valence-corrected chi connectivity index (χ4v) is 8.32. The molecular weight excluding hydrogens is 440 g/mol. The first-order valence-corrected chi connectivity index (χ1v) is 16.0. The summed E-state index contributed by atoms with van der Waals surface area (Å²) in [6.45, 7) is 21.4. The van der Waals surface area contributed by atoms with Crippen LogP contribution in [0.15, 0.2) is 29.2 Å². The summed E-state index contributed by atoms with van der Waals surface area (Å²) in [6.07, 6.45) is 0.715. The SMILES string of the molecule is CCN(CC)c1ccc(S(=O)(=O)N2CC(O[Si](C)(C)C(C)(C)CC(C)(C)C)CC2=O)cc1. The molecule has 0 bridgehead atoms. The first-order valence-electron chi connectivity index (χ1n) is 11.6. The minimum atomic E-state index is -3.90. The van der Waals surface area contributed by atoms with Crippen molar-refractivity contribution in [3.8, 4) is 0 Å². The van der Waals surface area contributed by atoms with E-state index in [-0.39, 0.29) is 34.2 Å². The molecule has 0 aliphatic carbocycles. The van der Waals surface area contributed by atoms with Gasteiger partial charge < -0.3 is 9.33 Å². The van der Waals surface area contributed by atoms with E-state index in [1.165, 1.54) is 0 Å². The number of carbonyl (C=O) groups excluding carboxylic acids is 1. The Morgan fingerprint density at radius 1 is 1.06 bits per heavy atom. The number of amides is 1. The highest BCUT2D eigenvalue weighted by atomic mass is 32.2. The molecule has 0 N–H and O–H groups in total. The first-order chi connectivity index (χ1) is 14.5. The Hall–Kier alpha value is -1.38. The van der Waals surface area contributed by atoms with Gasteiger partial charge in [0, 0.05) is 18.8 Å². The van der Waals surface area contributed by atoms with E-state index in [2.05, 4.69) is 66.5 Å². The Labute approximate surface area is 196 Å². The zero-order valence-electron chi connectivity index (χ0n) is 21.4. The molecule has 0 saturated carbocycles. The molecule has 1 amide bonds. The summed E-state index contributed by atoms with van der Waals surface area (Å²) < 4.78 is 33.9. The molecule has 0 spiro atoms. The predicted molar refractivity (Wildman–Crippen MR) is 134 cm³/mol. The summed E-state index contributed by atoms with van der Waals surface area (Å²) in [6, 6.07) is 6.80. The number of sulfonamides is 1. The van der Waals surface area contributed by atoms with E-state index in [4.69, 9.17) is 4.43 Å². The Kier molecular flexibility index (Phi) is 7.95. The molecule has 8 heteroatoms. The second-order valence-corrected chi connectivity index (χ2v) is 17.6. The highest BCUT2D eigenvalue weighted by Crippen LogP contribution is 2.47. The van der Waals surface area contributed by atoms with E-state index in [1.807, 2.05) is 0 Å². The maximum Gasteiger partial charge on any atom is 0.266 e. The van der Waals surface area contributed by atoms with Gasteiger partial charge in [-0.3, -0.25) is 4.79 Å². The van der Waals surface area contributed by atoms with Crippen molar-refractivity contribution < 1.29 is 17.6 Å². The van der Waals surface area contributed by atoms with Crippen LogP contribution in [-0.4, -0.2) is 52.7 Å². The summed E-state index contributed by atoms with van der Waals surface area (Å²) >= 11 is 0. The maximum atomic E-state index is 13.2. The summed E-state index contributed by atoms with van der Waals surface area (Å²) in [7, 11) is -6.11. The zero-order valence-corrected chi connectivity index (χ0v) is 23.2. The van der Waals surface area contributed by atoms with Crippen LogP contribution >= 0.6 is 0 Å². The smallest absolute Gasteiger partial charge is 0.266 e. The van der Waals surface area contributed by atoms with Gasteiger partial charge in [0.25, 0.3) is 10.0 Å². The number of hydrogen-bond acceptors (Lipinski definition) is 5. The Bertz CT molecular complexity index is 901. The van der Waals surface area contributed by atoms with Crippen LogP contribution in [0.4, 0.5) is 5.69 Å². The fraction of sp³-hybridized carbons (Fsp3) is 0.708. The molecular formula is C24H42N2O4SSi. The third kappa shape index (κ3) is 5.94. The van der Waals surface area contributed by atoms with Gasteiger partial charge in [-0.15, -0.1) is 0 Å². The molecule has 1 aromatic rings. The van der Waals surface area contributed by atoms with Gasteiger partial charge in [0.15, 0.2) is 8.32 Å². The lowest BCUT2D eigenvalue weighted by molar-refractivity contribution is -0.123. The number of anilines is 1. The Balaban J connectivity index is 2.17. The molecule has 0 aromatic heterocycles. The largest absolute Gasteiger partial charge is 0.412 e. The molecule has 1 atom stereocenters. The molecule has 0 radical (unpaired) electrons. The van der Waals surface area contributed by atoms with Gasteiger partial charge >= 0.3 is 0 Å². The molecule has 182 valence electrons. The quantitative estimate of drug-likeness (QED) is 0.449. The van der Waals surface area contributed by atoms with Crippen LogP contribution in [-0.2, 0) is 19.2 Å². The number of hydrogen-bond donors (Lipinski definition) is 0. The Morgan fingerprint density at radius 3 is 2.06 bits per heavy atom. The van der Waals surface area contributed by atoms with Gasteiger partial charge in [-0.25, -0.2) is 12.7 Å². The standard InChI is InChI=1S/C24H42N2O4SSi/c1-10-25(11-2)19-12-14-21(15-13-19)31(28,29)26-17-20(16-22(26)27)30-32(8,9)24(6,7)18-23(3,4)5/h12-15,20H,10-11,16-18H2,1-9H3. The van der Waals surface area contributed by atoms with Crippen LogP contribution in [0.1, 0.15) is 61.3 Å². The number of benzene rings is 1. The summed E-state index contributed by atoms with van der Waals surface area (Å²) in [5.41, 5.74) is 1.13.